The van der Waals surface area contributed by atoms with Crippen LogP contribution in [0.5, 0.6) is 11.5 Å². The van der Waals surface area contributed by atoms with Crippen molar-refractivity contribution in [2.24, 2.45) is 7.05 Å². The standard InChI is InChI=1S/C25H22ClN7O2/c1-32-14-16(10-29-32)24-12-28-22-5-4-18(8-23(22)31-24)33(15-17-11-27-13-25(26)30-17)19-6-20(34-2)9-21(7-19)35-3/h4-14H,15H2,1-3H3. The summed E-state index contributed by atoms with van der Waals surface area (Å²) in [7, 11) is 5.11. The van der Waals surface area contributed by atoms with E-state index in [9.17, 15) is 0 Å². The molecule has 0 saturated heterocycles. The molecule has 35 heavy (non-hydrogen) atoms. The minimum Gasteiger partial charge on any atom is -0.497 e. The Labute approximate surface area is 207 Å². The molecule has 5 rings (SSSR count). The number of anilines is 2. The summed E-state index contributed by atoms with van der Waals surface area (Å²) in [5, 5.41) is 4.57. The van der Waals surface area contributed by atoms with Crippen LogP contribution in [0, 0.1) is 0 Å². The van der Waals surface area contributed by atoms with Gasteiger partial charge in [0.2, 0.25) is 0 Å². The average molecular weight is 488 g/mol. The number of aryl methyl sites for hydroxylation is 1. The summed E-state index contributed by atoms with van der Waals surface area (Å²) in [6.07, 6.45) is 8.64. The maximum absolute atomic E-state index is 6.11. The molecule has 0 saturated carbocycles. The van der Waals surface area contributed by atoms with Gasteiger partial charge in [-0.15, -0.1) is 0 Å². The topological polar surface area (TPSA) is 91.1 Å². The van der Waals surface area contributed by atoms with E-state index in [0.29, 0.717) is 28.9 Å². The highest BCUT2D eigenvalue weighted by Gasteiger charge is 2.16. The summed E-state index contributed by atoms with van der Waals surface area (Å²) >= 11 is 6.11. The molecule has 0 spiro atoms. The number of benzene rings is 2. The third-order valence-electron chi connectivity index (χ3n) is 5.46. The van der Waals surface area contributed by atoms with E-state index in [0.717, 1.165) is 33.7 Å². The second kappa shape index (κ2) is 9.55. The first kappa shape index (κ1) is 22.5. The molecule has 0 fully saturated rings. The predicted octanol–water partition coefficient (Wildman–Crippen LogP) is 4.83. The van der Waals surface area contributed by atoms with Crippen molar-refractivity contribution in [3.8, 4) is 22.8 Å². The number of rotatable bonds is 7. The minimum absolute atomic E-state index is 0.330. The molecule has 0 aliphatic rings. The Bertz CT molecular complexity index is 1480. The number of hydrogen-bond acceptors (Lipinski definition) is 8. The summed E-state index contributed by atoms with van der Waals surface area (Å²) in [6.45, 7) is 0.408. The molecular formula is C25H22ClN7O2. The number of hydrogen-bond donors (Lipinski definition) is 0. The maximum atomic E-state index is 6.11. The van der Waals surface area contributed by atoms with Crippen molar-refractivity contribution in [3.05, 3.63) is 78.2 Å². The Morgan fingerprint density at radius 2 is 1.69 bits per heavy atom. The largest absolute Gasteiger partial charge is 0.497 e. The Morgan fingerprint density at radius 3 is 2.37 bits per heavy atom. The number of aromatic nitrogens is 6. The van der Waals surface area contributed by atoms with E-state index in [2.05, 4.69) is 25.0 Å². The van der Waals surface area contributed by atoms with Crippen molar-refractivity contribution in [2.75, 3.05) is 19.1 Å². The van der Waals surface area contributed by atoms with Gasteiger partial charge in [0.15, 0.2) is 0 Å². The highest BCUT2D eigenvalue weighted by atomic mass is 35.5. The molecule has 176 valence electrons. The van der Waals surface area contributed by atoms with Gasteiger partial charge in [-0.2, -0.15) is 5.10 Å². The van der Waals surface area contributed by atoms with Crippen LogP contribution in [-0.4, -0.2) is 43.9 Å². The molecule has 2 aromatic carbocycles. The number of fused-ring (bicyclic) bond motifs is 1. The molecule has 0 radical (unpaired) electrons. The van der Waals surface area contributed by atoms with Gasteiger partial charge in [0.05, 0.1) is 68.0 Å². The SMILES string of the molecule is COc1cc(OC)cc(N(Cc2cncc(Cl)n2)c2ccc3ncc(-c4cnn(C)c4)nc3c2)c1. The molecule has 5 aromatic rings. The van der Waals surface area contributed by atoms with Crippen LogP contribution >= 0.6 is 11.6 Å². The predicted molar refractivity (Wildman–Crippen MR) is 134 cm³/mol. The number of ether oxygens (including phenoxy) is 2. The van der Waals surface area contributed by atoms with Crippen LogP contribution in [0.4, 0.5) is 11.4 Å². The van der Waals surface area contributed by atoms with Gasteiger partial charge in [-0.3, -0.25) is 14.6 Å². The van der Waals surface area contributed by atoms with Gasteiger partial charge in [-0.1, -0.05) is 11.6 Å². The second-order valence-corrected chi connectivity index (χ2v) is 8.21. The fraction of sp³-hybridized carbons (Fsp3) is 0.160. The number of nitrogens with zero attached hydrogens (tertiary/aromatic N) is 7. The van der Waals surface area contributed by atoms with Crippen molar-refractivity contribution in [1.82, 2.24) is 29.7 Å². The minimum atomic E-state index is 0.330. The quantitative estimate of drug-likeness (QED) is 0.322. The Morgan fingerprint density at radius 1 is 0.886 bits per heavy atom. The van der Waals surface area contributed by atoms with E-state index < -0.39 is 0 Å². The molecule has 0 aliphatic carbocycles. The van der Waals surface area contributed by atoms with Gasteiger partial charge in [0.25, 0.3) is 0 Å². The van der Waals surface area contributed by atoms with Crippen LogP contribution in [0.25, 0.3) is 22.3 Å². The van der Waals surface area contributed by atoms with E-state index in [4.69, 9.17) is 26.1 Å². The fourth-order valence-electron chi connectivity index (χ4n) is 3.76. The molecule has 0 aliphatic heterocycles. The first-order valence-corrected chi connectivity index (χ1v) is 11.1. The van der Waals surface area contributed by atoms with Crippen molar-refractivity contribution in [1.29, 1.82) is 0 Å². The van der Waals surface area contributed by atoms with E-state index in [-0.39, 0.29) is 0 Å². The Balaban J connectivity index is 1.62. The number of halogens is 1. The molecule has 0 atom stereocenters. The number of methoxy groups -OCH3 is 2. The summed E-state index contributed by atoms with van der Waals surface area (Å²) in [5.74, 6) is 1.34. The molecule has 3 heterocycles. The molecule has 0 amide bonds. The zero-order valence-electron chi connectivity index (χ0n) is 19.4. The normalized spacial score (nSPS) is 11.0. The lowest BCUT2D eigenvalue weighted by Gasteiger charge is -2.26. The van der Waals surface area contributed by atoms with Crippen LogP contribution < -0.4 is 14.4 Å². The van der Waals surface area contributed by atoms with Gasteiger partial charge in [0, 0.05) is 48.4 Å². The van der Waals surface area contributed by atoms with Crippen molar-refractivity contribution < 1.29 is 9.47 Å². The summed E-state index contributed by atoms with van der Waals surface area (Å²) < 4.78 is 12.7. The summed E-state index contributed by atoms with van der Waals surface area (Å²) in [6, 6.07) is 11.6. The van der Waals surface area contributed by atoms with Crippen LogP contribution in [0.1, 0.15) is 5.69 Å². The second-order valence-electron chi connectivity index (χ2n) is 7.82. The lowest BCUT2D eigenvalue weighted by molar-refractivity contribution is 0.394. The molecular weight excluding hydrogens is 466 g/mol. The van der Waals surface area contributed by atoms with E-state index in [1.165, 1.54) is 6.20 Å². The monoisotopic (exact) mass is 487 g/mol. The third kappa shape index (κ3) is 4.85. The van der Waals surface area contributed by atoms with E-state index in [1.54, 1.807) is 37.5 Å². The Hall–Kier alpha value is -4.24. The lowest BCUT2D eigenvalue weighted by atomic mass is 10.1. The zero-order chi connectivity index (χ0) is 24.4. The first-order valence-electron chi connectivity index (χ1n) is 10.8. The van der Waals surface area contributed by atoms with Crippen LogP contribution in [0.2, 0.25) is 5.15 Å². The third-order valence-corrected chi connectivity index (χ3v) is 5.64. The van der Waals surface area contributed by atoms with Gasteiger partial charge in [-0.05, 0) is 18.2 Å². The van der Waals surface area contributed by atoms with Gasteiger partial charge < -0.3 is 14.4 Å². The molecule has 9 nitrogen and oxygen atoms in total. The van der Waals surface area contributed by atoms with Crippen LogP contribution in [0.15, 0.2) is 67.4 Å². The average Bonchev–Trinajstić information content (AvgIpc) is 3.32. The maximum Gasteiger partial charge on any atom is 0.147 e. The summed E-state index contributed by atoms with van der Waals surface area (Å²) in [5.41, 5.74) is 5.61. The molecule has 0 bridgehead atoms. The molecule has 0 unspecified atom stereocenters. The van der Waals surface area contributed by atoms with E-state index in [1.807, 2.05) is 49.6 Å². The zero-order valence-corrected chi connectivity index (χ0v) is 20.1. The highest BCUT2D eigenvalue weighted by molar-refractivity contribution is 6.29. The van der Waals surface area contributed by atoms with Crippen molar-refractivity contribution in [3.63, 3.8) is 0 Å². The van der Waals surface area contributed by atoms with Crippen molar-refractivity contribution in [2.45, 2.75) is 6.54 Å². The molecule has 10 heteroatoms. The smallest absolute Gasteiger partial charge is 0.147 e. The van der Waals surface area contributed by atoms with Gasteiger partial charge in [-0.25, -0.2) is 9.97 Å². The Kier molecular flexibility index (Phi) is 6.15. The summed E-state index contributed by atoms with van der Waals surface area (Å²) in [4.78, 5) is 20.1. The van der Waals surface area contributed by atoms with E-state index >= 15 is 0 Å². The molecule has 3 aromatic heterocycles. The molecule has 0 N–H and O–H groups in total. The van der Waals surface area contributed by atoms with Crippen LogP contribution in [0.3, 0.4) is 0 Å². The van der Waals surface area contributed by atoms with Gasteiger partial charge >= 0.3 is 0 Å². The van der Waals surface area contributed by atoms with Crippen LogP contribution in [-0.2, 0) is 13.6 Å². The lowest BCUT2D eigenvalue weighted by Crippen LogP contribution is -2.18. The fourth-order valence-corrected chi connectivity index (χ4v) is 3.92. The highest BCUT2D eigenvalue weighted by Crippen LogP contribution is 2.35. The first-order chi connectivity index (χ1) is 17.0. The van der Waals surface area contributed by atoms with Crippen molar-refractivity contribution >= 4 is 34.0 Å². The van der Waals surface area contributed by atoms with Gasteiger partial charge in [0.1, 0.15) is 16.7 Å².